The molecular weight excluding hydrogens is 931 g/mol. The Bertz CT molecular complexity index is 2710. The summed E-state index contributed by atoms with van der Waals surface area (Å²) in [6, 6.07) is 15.9. The lowest BCUT2D eigenvalue weighted by Crippen LogP contribution is -2.58. The molecule has 17 nitrogen and oxygen atoms in total. The summed E-state index contributed by atoms with van der Waals surface area (Å²) in [4.78, 5) is 22.4. The smallest absolute Gasteiger partial charge is 0.162 e. The molecule has 4 aromatic heterocycles. The van der Waals surface area contributed by atoms with E-state index in [9.17, 15) is 10.2 Å². The number of aliphatic hydroxyl groups excluding tert-OH is 2. The lowest BCUT2D eigenvalue weighted by molar-refractivity contribution is 0.0519. The van der Waals surface area contributed by atoms with E-state index >= 15 is 0 Å². The van der Waals surface area contributed by atoms with Crippen molar-refractivity contribution in [2.45, 2.75) is 106 Å². The first kappa shape index (κ1) is 52.7. The molecule has 0 bridgehead atoms. The van der Waals surface area contributed by atoms with Gasteiger partial charge in [0.2, 0.25) is 0 Å². The number of aryl methyl sites for hydroxylation is 4. The number of hydrogen-bond acceptors (Lipinski definition) is 18. The Morgan fingerprint density at radius 3 is 1.81 bits per heavy atom. The number of aromatic nitrogens is 6. The lowest BCUT2D eigenvalue weighted by Gasteiger charge is -2.53. The number of nitrogens with one attached hydrogen (secondary N) is 3. The minimum absolute atomic E-state index is 0.207. The first-order chi connectivity index (χ1) is 34.8. The molecule has 5 N–H and O–H groups in total. The molecule has 2 unspecified atom stereocenters. The van der Waals surface area contributed by atoms with Gasteiger partial charge in [0, 0.05) is 78.7 Å². The molecule has 6 aromatic rings. The molecule has 6 heterocycles. The minimum Gasteiger partial charge on any atom is -0.491 e. The molecule has 1 aliphatic carbocycles. The van der Waals surface area contributed by atoms with Crippen LogP contribution in [0.2, 0.25) is 0 Å². The molecule has 3 aliphatic rings. The number of likely N-dealkylation sites (N-methyl/N-ethyl adjacent to an activating group) is 2. The summed E-state index contributed by atoms with van der Waals surface area (Å²) in [6.07, 6.45) is 4.73. The van der Waals surface area contributed by atoms with Crippen LogP contribution in [0.1, 0.15) is 80.0 Å². The number of rotatable bonds is 20. The molecular formula is C54H73N11O6S. The van der Waals surface area contributed by atoms with Gasteiger partial charge >= 0.3 is 0 Å². The van der Waals surface area contributed by atoms with Gasteiger partial charge in [0.15, 0.2) is 11.6 Å². The first-order valence-corrected chi connectivity index (χ1v) is 26.4. The molecule has 2 saturated heterocycles. The number of piperidine rings is 1. The second-order valence-electron chi connectivity index (χ2n) is 19.4. The van der Waals surface area contributed by atoms with Crippen LogP contribution in [0, 0.1) is 47.0 Å². The van der Waals surface area contributed by atoms with Gasteiger partial charge in [0.1, 0.15) is 60.1 Å². The fourth-order valence-corrected chi connectivity index (χ4v) is 10.7. The molecule has 2 aromatic carbocycles. The standard InChI is InChI=1S/C29H40N6O3S.C25H33N5O3/c1-6-39-35-17-29(18-35)10-12-34(13-11-29)28-19(2)26(25-20(3)33-38-21(25)4)31-27(32-28)22-8-7-9-24(14-22)37-16-23(36)15-30-5;1-5-26-13-20(31)14-32-21-11-6-8-18(12-21)25-28-23(22-16(3)30-33-17(22)4)15(2)24(29-25)27-19-9-7-10-19/h7-9,14,23,30,36H,6,10-13,15-18H2,1-5H3;6,8,11-12,19-20,26,31H,5,7,9-10,13-14H2,1-4H3,(H,27,28,29). The monoisotopic (exact) mass is 1000 g/mol. The highest BCUT2D eigenvalue weighted by atomic mass is 32.2. The van der Waals surface area contributed by atoms with Crippen molar-refractivity contribution in [3.63, 3.8) is 0 Å². The van der Waals surface area contributed by atoms with E-state index in [0.29, 0.717) is 47.7 Å². The van der Waals surface area contributed by atoms with Crippen molar-refractivity contribution < 1.29 is 28.7 Å². The van der Waals surface area contributed by atoms with Gasteiger partial charge in [0.05, 0.1) is 33.9 Å². The highest BCUT2D eigenvalue weighted by molar-refractivity contribution is 7.97. The predicted molar refractivity (Wildman–Crippen MR) is 285 cm³/mol. The zero-order chi connectivity index (χ0) is 50.9. The first-order valence-electron chi connectivity index (χ1n) is 25.5. The van der Waals surface area contributed by atoms with Crippen molar-refractivity contribution in [2.75, 3.05) is 82.0 Å². The second-order valence-corrected chi connectivity index (χ2v) is 20.8. The summed E-state index contributed by atoms with van der Waals surface area (Å²) in [7, 11) is 1.81. The average Bonchev–Trinajstić information content (AvgIpc) is 3.88. The van der Waals surface area contributed by atoms with E-state index < -0.39 is 12.2 Å². The van der Waals surface area contributed by atoms with E-state index in [4.69, 9.17) is 38.5 Å². The van der Waals surface area contributed by atoms with Crippen molar-refractivity contribution in [3.05, 3.63) is 82.6 Å². The Balaban J connectivity index is 0.000000195. The predicted octanol–water partition coefficient (Wildman–Crippen LogP) is 8.29. The van der Waals surface area contributed by atoms with Gasteiger partial charge in [-0.1, -0.05) is 60.4 Å². The molecule has 9 rings (SSSR count). The van der Waals surface area contributed by atoms with Gasteiger partial charge < -0.3 is 49.6 Å². The molecule has 3 fully saturated rings. The largest absolute Gasteiger partial charge is 0.491 e. The van der Waals surface area contributed by atoms with E-state index in [1.807, 2.05) is 102 Å². The number of benzene rings is 2. The van der Waals surface area contributed by atoms with Crippen LogP contribution in [-0.2, 0) is 0 Å². The number of ether oxygens (including phenoxy) is 2. The van der Waals surface area contributed by atoms with Crippen LogP contribution in [0.4, 0.5) is 11.6 Å². The van der Waals surface area contributed by atoms with Gasteiger partial charge in [-0.3, -0.25) is 0 Å². The maximum absolute atomic E-state index is 10.1. The Morgan fingerprint density at radius 1 is 0.750 bits per heavy atom. The van der Waals surface area contributed by atoms with E-state index in [1.54, 1.807) is 7.05 Å². The third kappa shape index (κ3) is 12.4. The van der Waals surface area contributed by atoms with Crippen LogP contribution >= 0.6 is 11.9 Å². The SMILES string of the molecule is CCNCC(O)COc1cccc(-c2nc(NC3CCC3)c(C)c(-c3c(C)noc3C)n2)c1.CCSN1CC2(CCN(c3nc(-c4cccc(OCC(O)CNC)c4)nc(-c4c(C)noc4C)c3C)CC2)C1. The molecule has 0 radical (unpaired) electrons. The van der Waals surface area contributed by atoms with Gasteiger partial charge in [-0.15, -0.1) is 0 Å². The topological polar surface area (TPSA) is 205 Å². The zero-order valence-electron chi connectivity index (χ0n) is 43.5. The van der Waals surface area contributed by atoms with Gasteiger partial charge in [0.25, 0.3) is 0 Å². The van der Waals surface area contributed by atoms with Crippen molar-refractivity contribution in [1.29, 1.82) is 0 Å². The molecule has 18 heteroatoms. The molecule has 0 amide bonds. The van der Waals surface area contributed by atoms with Gasteiger partial charge in [-0.2, -0.15) is 0 Å². The number of anilines is 2. The molecule has 2 aliphatic heterocycles. The second kappa shape index (κ2) is 23.9. The highest BCUT2D eigenvalue weighted by Crippen LogP contribution is 2.45. The zero-order valence-corrected chi connectivity index (χ0v) is 44.3. The van der Waals surface area contributed by atoms with Crippen LogP contribution in [-0.4, -0.2) is 135 Å². The fraction of sp³-hybridized carbons (Fsp3) is 0.519. The molecule has 72 heavy (non-hydrogen) atoms. The Labute approximate surface area is 428 Å². The van der Waals surface area contributed by atoms with Gasteiger partial charge in [-0.05, 0) is 112 Å². The van der Waals surface area contributed by atoms with Crippen LogP contribution in [0.15, 0.2) is 57.6 Å². The van der Waals surface area contributed by atoms with Crippen molar-refractivity contribution in [2.24, 2.45) is 5.41 Å². The maximum Gasteiger partial charge on any atom is 0.162 e. The minimum atomic E-state index is -0.585. The summed E-state index contributed by atoms with van der Waals surface area (Å²) in [6.45, 7) is 22.6. The van der Waals surface area contributed by atoms with Crippen molar-refractivity contribution >= 4 is 23.6 Å². The lowest BCUT2D eigenvalue weighted by atomic mass is 9.73. The Hall–Kier alpha value is -5.63. The van der Waals surface area contributed by atoms with E-state index in [0.717, 1.165) is 118 Å². The summed E-state index contributed by atoms with van der Waals surface area (Å²) in [5, 5.41) is 38.1. The summed E-state index contributed by atoms with van der Waals surface area (Å²) in [5.74, 6) is 7.03. The molecule has 1 spiro atoms. The van der Waals surface area contributed by atoms with E-state index in [1.165, 1.54) is 32.4 Å². The molecule has 2 atom stereocenters. The van der Waals surface area contributed by atoms with Crippen molar-refractivity contribution in [1.82, 2.24) is 45.2 Å². The number of hydrogen-bond donors (Lipinski definition) is 5. The normalized spacial score (nSPS) is 16.4. The number of nitrogens with zero attached hydrogens (tertiary/aromatic N) is 8. The molecule has 386 valence electrons. The molecule has 1 saturated carbocycles. The summed E-state index contributed by atoms with van der Waals surface area (Å²) < 4.78 is 25.2. The van der Waals surface area contributed by atoms with Crippen LogP contribution < -0.4 is 30.3 Å². The van der Waals surface area contributed by atoms with Gasteiger partial charge in [-0.25, -0.2) is 24.2 Å². The van der Waals surface area contributed by atoms with Crippen molar-refractivity contribution in [3.8, 4) is 56.8 Å². The summed E-state index contributed by atoms with van der Waals surface area (Å²) >= 11 is 1.95. The third-order valence-electron chi connectivity index (χ3n) is 13.9. The highest BCUT2D eigenvalue weighted by Gasteiger charge is 2.45. The van der Waals surface area contributed by atoms with E-state index in [-0.39, 0.29) is 13.2 Å². The van der Waals surface area contributed by atoms with Crippen LogP contribution in [0.5, 0.6) is 11.5 Å². The maximum atomic E-state index is 10.1. The van der Waals surface area contributed by atoms with Crippen LogP contribution in [0.3, 0.4) is 0 Å². The third-order valence-corrected chi connectivity index (χ3v) is 14.7. The number of aliphatic hydroxyl groups is 2. The quantitative estimate of drug-likeness (QED) is 0.0456. The van der Waals surface area contributed by atoms with Crippen LogP contribution in [0.25, 0.3) is 45.3 Å². The average molecular weight is 1000 g/mol. The fourth-order valence-electron chi connectivity index (χ4n) is 9.59. The Morgan fingerprint density at radius 2 is 1.31 bits per heavy atom. The summed E-state index contributed by atoms with van der Waals surface area (Å²) in [5.41, 5.74) is 9.33. The van der Waals surface area contributed by atoms with E-state index in [2.05, 4.69) is 49.3 Å². The Kier molecular flexibility index (Phi) is 17.5.